The molecule has 1 N–H and O–H groups in total. The number of nitroso groups, excluding NO2 is 1. The largest absolute Gasteiger partial charge is 0.344 e. The summed E-state index contributed by atoms with van der Waals surface area (Å²) in [5, 5.41) is 6.15. The van der Waals surface area contributed by atoms with Gasteiger partial charge in [-0.3, -0.25) is 0 Å². The zero-order chi connectivity index (χ0) is 12.1. The molecule has 0 saturated carbocycles. The molecule has 1 aromatic carbocycles. The number of nitrogens with zero attached hydrogens (tertiary/aromatic N) is 2. The van der Waals surface area contributed by atoms with E-state index < -0.39 is 6.03 Å². The van der Waals surface area contributed by atoms with E-state index in [0.29, 0.717) is 0 Å². The minimum atomic E-state index is -0.505. The van der Waals surface area contributed by atoms with Crippen molar-refractivity contribution in [2.45, 2.75) is 20.8 Å². The smallest absolute Gasteiger partial charge is 0.306 e. The van der Waals surface area contributed by atoms with Gasteiger partial charge >= 0.3 is 6.03 Å². The minimum Gasteiger partial charge on any atom is -0.306 e. The van der Waals surface area contributed by atoms with E-state index in [4.69, 9.17) is 0 Å². The molecule has 1 aromatic rings. The van der Waals surface area contributed by atoms with Crippen molar-refractivity contribution in [2.75, 3.05) is 11.9 Å². The average Bonchev–Trinajstić information content (AvgIpc) is 2.25. The summed E-state index contributed by atoms with van der Waals surface area (Å²) in [4.78, 5) is 22.0. The van der Waals surface area contributed by atoms with E-state index in [1.165, 1.54) is 0 Å². The summed E-state index contributed by atoms with van der Waals surface area (Å²) >= 11 is 0. The fourth-order valence-corrected chi connectivity index (χ4v) is 1.42. The van der Waals surface area contributed by atoms with Gasteiger partial charge in [-0.1, -0.05) is 18.2 Å². The predicted molar refractivity (Wildman–Crippen MR) is 63.1 cm³/mol. The van der Waals surface area contributed by atoms with Crippen LogP contribution in [-0.2, 0) is 0 Å². The van der Waals surface area contributed by atoms with Gasteiger partial charge in [-0.2, -0.15) is 5.01 Å². The fraction of sp³-hybridized carbons (Fsp3) is 0.364. The second-order valence-corrected chi connectivity index (χ2v) is 3.49. The molecule has 5 nitrogen and oxygen atoms in total. The topological polar surface area (TPSA) is 61.8 Å². The molecule has 2 amide bonds. The summed E-state index contributed by atoms with van der Waals surface area (Å²) in [5.74, 6) is 0. The van der Waals surface area contributed by atoms with Crippen LogP contribution in [0, 0.1) is 18.8 Å². The average molecular weight is 221 g/mol. The zero-order valence-corrected chi connectivity index (χ0v) is 9.65. The Labute approximate surface area is 94.4 Å². The molecule has 16 heavy (non-hydrogen) atoms. The first kappa shape index (κ1) is 12.2. The molecule has 0 saturated heterocycles. The van der Waals surface area contributed by atoms with Crippen LogP contribution in [0.15, 0.2) is 23.5 Å². The first-order valence-corrected chi connectivity index (χ1v) is 5.08. The van der Waals surface area contributed by atoms with Crippen LogP contribution in [0.2, 0.25) is 0 Å². The number of benzene rings is 1. The van der Waals surface area contributed by atoms with Gasteiger partial charge in [-0.05, 0) is 31.9 Å². The van der Waals surface area contributed by atoms with Gasteiger partial charge in [-0.15, -0.1) is 4.91 Å². The van der Waals surface area contributed by atoms with E-state index in [1.807, 2.05) is 32.0 Å². The van der Waals surface area contributed by atoms with Crippen molar-refractivity contribution in [2.24, 2.45) is 5.29 Å². The highest BCUT2D eigenvalue weighted by molar-refractivity contribution is 5.90. The van der Waals surface area contributed by atoms with Gasteiger partial charge in [0.15, 0.2) is 0 Å². The van der Waals surface area contributed by atoms with Crippen molar-refractivity contribution in [3.63, 3.8) is 0 Å². The summed E-state index contributed by atoms with van der Waals surface area (Å²) in [6.07, 6.45) is 0. The molecular formula is C11H15N3O2. The Balaban J connectivity index is 2.88. The molecule has 0 spiro atoms. The van der Waals surface area contributed by atoms with E-state index in [1.54, 1.807) is 6.92 Å². The van der Waals surface area contributed by atoms with E-state index >= 15 is 0 Å². The van der Waals surface area contributed by atoms with Gasteiger partial charge in [-0.25, -0.2) is 4.79 Å². The Morgan fingerprint density at radius 2 is 1.94 bits per heavy atom. The molecule has 0 fully saturated rings. The van der Waals surface area contributed by atoms with E-state index in [-0.39, 0.29) is 6.54 Å². The number of para-hydroxylation sites is 1. The molecule has 0 heterocycles. The van der Waals surface area contributed by atoms with Gasteiger partial charge in [0.2, 0.25) is 0 Å². The molecule has 0 atom stereocenters. The predicted octanol–water partition coefficient (Wildman–Crippen LogP) is 2.84. The lowest BCUT2D eigenvalue weighted by Gasteiger charge is -2.15. The molecule has 0 aliphatic heterocycles. The third-order valence-corrected chi connectivity index (χ3v) is 2.35. The number of nitrogens with one attached hydrogen (secondary N) is 1. The summed E-state index contributed by atoms with van der Waals surface area (Å²) < 4.78 is 0. The van der Waals surface area contributed by atoms with Gasteiger partial charge in [0.1, 0.15) is 0 Å². The molecule has 0 unspecified atom stereocenters. The maximum Gasteiger partial charge on any atom is 0.344 e. The van der Waals surface area contributed by atoms with Crippen LogP contribution < -0.4 is 5.32 Å². The van der Waals surface area contributed by atoms with E-state index in [9.17, 15) is 9.70 Å². The van der Waals surface area contributed by atoms with Crippen LogP contribution in [0.4, 0.5) is 10.5 Å². The Bertz CT molecular complexity index is 384. The number of aryl methyl sites for hydroxylation is 2. The summed E-state index contributed by atoms with van der Waals surface area (Å²) in [6.45, 7) is 5.73. The number of carbonyl (C=O) groups excluding carboxylic acids is 1. The highest BCUT2D eigenvalue weighted by Crippen LogP contribution is 2.19. The molecule has 86 valence electrons. The zero-order valence-electron chi connectivity index (χ0n) is 9.65. The Kier molecular flexibility index (Phi) is 3.99. The van der Waals surface area contributed by atoms with Crippen LogP contribution >= 0.6 is 0 Å². The van der Waals surface area contributed by atoms with Crippen molar-refractivity contribution in [3.8, 4) is 0 Å². The number of carbonyl (C=O) groups is 1. The lowest BCUT2D eigenvalue weighted by atomic mass is 10.1. The summed E-state index contributed by atoms with van der Waals surface area (Å²) in [5.41, 5.74) is 2.64. The number of hydrogen-bond donors (Lipinski definition) is 1. The van der Waals surface area contributed by atoms with Crippen molar-refractivity contribution < 1.29 is 4.79 Å². The second kappa shape index (κ2) is 5.25. The van der Waals surface area contributed by atoms with Gasteiger partial charge < -0.3 is 5.32 Å². The van der Waals surface area contributed by atoms with Crippen molar-refractivity contribution in [1.29, 1.82) is 0 Å². The van der Waals surface area contributed by atoms with Gasteiger partial charge in [0.05, 0.1) is 5.29 Å². The van der Waals surface area contributed by atoms with E-state index in [0.717, 1.165) is 21.8 Å². The maximum absolute atomic E-state index is 11.6. The van der Waals surface area contributed by atoms with Crippen LogP contribution in [0.1, 0.15) is 18.1 Å². The third-order valence-electron chi connectivity index (χ3n) is 2.35. The number of rotatable bonds is 3. The number of hydrogen-bond acceptors (Lipinski definition) is 3. The Morgan fingerprint density at radius 1 is 1.38 bits per heavy atom. The molecular weight excluding hydrogens is 206 g/mol. The van der Waals surface area contributed by atoms with Gasteiger partial charge in [0, 0.05) is 12.2 Å². The molecule has 0 bridgehead atoms. The second-order valence-electron chi connectivity index (χ2n) is 3.49. The molecule has 0 aromatic heterocycles. The number of anilines is 1. The summed E-state index contributed by atoms with van der Waals surface area (Å²) in [6, 6.07) is 5.20. The first-order valence-electron chi connectivity index (χ1n) is 5.08. The fourth-order valence-electron chi connectivity index (χ4n) is 1.42. The lowest BCUT2D eigenvalue weighted by Crippen LogP contribution is -2.30. The molecule has 5 heteroatoms. The normalized spacial score (nSPS) is 9.69. The molecule has 1 rings (SSSR count). The standard InChI is InChI=1S/C11H15N3O2/c1-4-14(13-16)11(15)12-10-8(2)6-5-7-9(10)3/h5-7H,4H2,1-3H3,(H,12,15). The number of urea groups is 1. The quantitative estimate of drug-likeness (QED) is 0.630. The SMILES string of the molecule is CCN(N=O)C(=O)Nc1c(C)cccc1C. The first-order chi connectivity index (χ1) is 7.60. The van der Waals surface area contributed by atoms with Crippen LogP contribution in [0.25, 0.3) is 0 Å². The Hall–Kier alpha value is -1.91. The van der Waals surface area contributed by atoms with Crippen LogP contribution in [-0.4, -0.2) is 17.6 Å². The lowest BCUT2D eigenvalue weighted by molar-refractivity contribution is 0.216. The maximum atomic E-state index is 11.6. The molecule has 0 aliphatic rings. The summed E-state index contributed by atoms with van der Waals surface area (Å²) in [7, 11) is 0. The monoisotopic (exact) mass is 221 g/mol. The highest BCUT2D eigenvalue weighted by atomic mass is 16.3. The third kappa shape index (κ3) is 2.56. The molecule has 0 aliphatic carbocycles. The number of amides is 2. The van der Waals surface area contributed by atoms with Crippen LogP contribution in [0.5, 0.6) is 0 Å². The highest BCUT2D eigenvalue weighted by Gasteiger charge is 2.13. The van der Waals surface area contributed by atoms with Gasteiger partial charge in [0.25, 0.3) is 0 Å². The van der Waals surface area contributed by atoms with Crippen molar-refractivity contribution in [3.05, 3.63) is 34.2 Å². The van der Waals surface area contributed by atoms with Crippen molar-refractivity contribution in [1.82, 2.24) is 5.01 Å². The van der Waals surface area contributed by atoms with Crippen LogP contribution in [0.3, 0.4) is 0 Å². The Morgan fingerprint density at radius 3 is 2.38 bits per heavy atom. The minimum absolute atomic E-state index is 0.250. The molecule has 0 radical (unpaired) electrons. The van der Waals surface area contributed by atoms with Crippen molar-refractivity contribution >= 4 is 11.7 Å². The van der Waals surface area contributed by atoms with E-state index in [2.05, 4.69) is 10.6 Å².